The summed E-state index contributed by atoms with van der Waals surface area (Å²) >= 11 is 1.68. The molecule has 0 bridgehead atoms. The minimum Gasteiger partial charge on any atom is -0.480 e. The molecule has 0 rings (SSSR count). The van der Waals surface area contributed by atoms with Gasteiger partial charge in [-0.05, 0) is 19.1 Å². The molecule has 0 radical (unpaired) electrons. The minimum absolute atomic E-state index is 0.0325. The summed E-state index contributed by atoms with van der Waals surface area (Å²) in [6, 6.07) is -1.84. The van der Waals surface area contributed by atoms with Crippen molar-refractivity contribution in [2.24, 2.45) is 0 Å². The maximum absolute atomic E-state index is 11.5. The molecule has 0 aromatic heterocycles. The third-order valence-electron chi connectivity index (χ3n) is 3.08. The first kappa shape index (κ1) is 17.1. The Morgan fingerprint density at radius 2 is 1.89 bits per heavy atom. The van der Waals surface area contributed by atoms with Crippen LogP contribution in [0.4, 0.5) is 4.79 Å². The number of carbonyl (C=O) groups is 2. The number of carboxylic acid groups (broad SMARTS) is 1. The van der Waals surface area contributed by atoms with Crippen molar-refractivity contribution < 1.29 is 19.8 Å². The van der Waals surface area contributed by atoms with Crippen LogP contribution in [0.2, 0.25) is 0 Å². The molecule has 6 nitrogen and oxygen atoms in total. The summed E-state index contributed by atoms with van der Waals surface area (Å²) in [5, 5.41) is 22.3. The molecule has 7 heteroatoms. The second-order valence-electron chi connectivity index (χ2n) is 3.99. The summed E-state index contributed by atoms with van der Waals surface area (Å²) in [4.78, 5) is 22.1. The Morgan fingerprint density at radius 1 is 1.33 bits per heavy atom. The van der Waals surface area contributed by atoms with E-state index in [2.05, 4.69) is 10.6 Å². The van der Waals surface area contributed by atoms with Gasteiger partial charge in [0.2, 0.25) is 0 Å². The molecule has 0 saturated heterocycles. The van der Waals surface area contributed by atoms with Crippen molar-refractivity contribution in [3.63, 3.8) is 0 Å². The van der Waals surface area contributed by atoms with Gasteiger partial charge in [-0.1, -0.05) is 13.8 Å². The number of amides is 2. The first-order valence-corrected chi connectivity index (χ1v) is 7.10. The second-order valence-corrected chi connectivity index (χ2v) is 5.27. The normalized spacial score (nSPS) is 12.9. The van der Waals surface area contributed by atoms with E-state index in [1.165, 1.54) is 0 Å². The highest BCUT2D eigenvalue weighted by Gasteiger charge is 2.26. The summed E-state index contributed by atoms with van der Waals surface area (Å²) < 4.78 is -0.0325. The number of rotatable bonds is 8. The fourth-order valence-corrected chi connectivity index (χ4v) is 2.29. The predicted octanol–water partition coefficient (Wildman–Crippen LogP) is 0.653. The largest absolute Gasteiger partial charge is 0.480 e. The molecular weight excluding hydrogens is 256 g/mol. The molecule has 0 saturated carbocycles. The Bertz CT molecular complexity index is 274. The molecular formula is C11H22N2O4S. The van der Waals surface area contributed by atoms with Gasteiger partial charge in [0.25, 0.3) is 0 Å². The van der Waals surface area contributed by atoms with Crippen LogP contribution in [0.5, 0.6) is 0 Å². The van der Waals surface area contributed by atoms with Crippen LogP contribution in [0, 0.1) is 0 Å². The number of nitrogens with one attached hydrogen (secondary N) is 2. The number of hydrogen-bond acceptors (Lipinski definition) is 4. The van der Waals surface area contributed by atoms with Gasteiger partial charge in [-0.15, -0.1) is 0 Å². The molecule has 0 aliphatic rings. The third kappa shape index (κ3) is 5.14. The van der Waals surface area contributed by atoms with E-state index in [-0.39, 0.29) is 4.75 Å². The van der Waals surface area contributed by atoms with Crippen LogP contribution in [-0.4, -0.2) is 52.4 Å². The van der Waals surface area contributed by atoms with Gasteiger partial charge in [-0.25, -0.2) is 9.59 Å². The molecule has 4 N–H and O–H groups in total. The fraction of sp³-hybridized carbons (Fsp3) is 0.818. The lowest BCUT2D eigenvalue weighted by molar-refractivity contribution is -0.140. The van der Waals surface area contributed by atoms with E-state index in [0.29, 0.717) is 6.54 Å². The van der Waals surface area contributed by atoms with E-state index in [4.69, 9.17) is 10.2 Å². The SMILES string of the molecule is CCC(CC)(CNC(=O)N[C@H](CO)C(=O)O)SC. The molecule has 0 aliphatic carbocycles. The molecule has 2 amide bonds. The standard InChI is InChI=1S/C11H22N2O4S/c1-4-11(5-2,18-3)7-12-10(17)13-8(6-14)9(15)16/h8,14H,4-7H2,1-3H3,(H,15,16)(H2,12,13,17)/t8-/m1/s1. The van der Waals surface area contributed by atoms with Gasteiger partial charge in [-0.2, -0.15) is 11.8 Å². The van der Waals surface area contributed by atoms with Gasteiger partial charge in [-0.3, -0.25) is 0 Å². The maximum Gasteiger partial charge on any atom is 0.328 e. The van der Waals surface area contributed by atoms with E-state index in [1.54, 1.807) is 11.8 Å². The zero-order valence-electron chi connectivity index (χ0n) is 11.0. The van der Waals surface area contributed by atoms with Crippen LogP contribution in [0.25, 0.3) is 0 Å². The summed E-state index contributed by atoms with van der Waals surface area (Å²) in [6.07, 6.45) is 3.81. The number of carboxylic acids is 1. The Hall–Kier alpha value is -0.950. The number of carbonyl (C=O) groups excluding carboxylic acids is 1. The van der Waals surface area contributed by atoms with Crippen LogP contribution in [0.3, 0.4) is 0 Å². The van der Waals surface area contributed by atoms with E-state index >= 15 is 0 Å². The van der Waals surface area contributed by atoms with E-state index in [1.807, 2.05) is 20.1 Å². The number of aliphatic hydroxyl groups is 1. The highest BCUT2D eigenvalue weighted by Crippen LogP contribution is 2.29. The van der Waals surface area contributed by atoms with Gasteiger partial charge < -0.3 is 20.8 Å². The number of hydrogen-bond donors (Lipinski definition) is 4. The number of aliphatic carboxylic acids is 1. The number of aliphatic hydroxyl groups excluding tert-OH is 1. The molecule has 0 aliphatic heterocycles. The van der Waals surface area contributed by atoms with Gasteiger partial charge in [0.1, 0.15) is 0 Å². The summed E-state index contributed by atoms with van der Waals surface area (Å²) in [5.74, 6) is -1.25. The van der Waals surface area contributed by atoms with Crippen LogP contribution in [0.1, 0.15) is 26.7 Å². The summed E-state index contributed by atoms with van der Waals surface area (Å²) in [7, 11) is 0. The molecule has 0 spiro atoms. The van der Waals surface area contributed by atoms with Crippen molar-refractivity contribution in [3.8, 4) is 0 Å². The van der Waals surface area contributed by atoms with Gasteiger partial charge in [0.05, 0.1) is 6.61 Å². The topological polar surface area (TPSA) is 98.7 Å². The van der Waals surface area contributed by atoms with Crippen LogP contribution >= 0.6 is 11.8 Å². The smallest absolute Gasteiger partial charge is 0.328 e. The van der Waals surface area contributed by atoms with E-state index < -0.39 is 24.6 Å². The van der Waals surface area contributed by atoms with Crippen molar-refractivity contribution in [3.05, 3.63) is 0 Å². The monoisotopic (exact) mass is 278 g/mol. The summed E-state index contributed by atoms with van der Waals surface area (Å²) in [6.45, 7) is 3.93. The molecule has 1 atom stereocenters. The van der Waals surface area contributed by atoms with Crippen LogP contribution in [0.15, 0.2) is 0 Å². The quantitative estimate of drug-likeness (QED) is 0.522. The fourth-order valence-electron chi connectivity index (χ4n) is 1.50. The van der Waals surface area contributed by atoms with Gasteiger partial charge in [0, 0.05) is 11.3 Å². The van der Waals surface area contributed by atoms with Crippen molar-refractivity contribution in [1.82, 2.24) is 10.6 Å². The Morgan fingerprint density at radius 3 is 2.22 bits per heavy atom. The lowest BCUT2D eigenvalue weighted by Gasteiger charge is -2.30. The molecule has 0 aromatic rings. The Labute approximate surface area is 112 Å². The summed E-state index contributed by atoms with van der Waals surface area (Å²) in [5.41, 5.74) is 0. The zero-order valence-corrected chi connectivity index (χ0v) is 11.8. The maximum atomic E-state index is 11.5. The lowest BCUT2D eigenvalue weighted by atomic mass is 10.0. The van der Waals surface area contributed by atoms with Crippen molar-refractivity contribution in [2.75, 3.05) is 19.4 Å². The third-order valence-corrected chi connectivity index (χ3v) is 4.67. The number of thioether (sulfide) groups is 1. The van der Waals surface area contributed by atoms with Crippen molar-refractivity contribution in [1.29, 1.82) is 0 Å². The number of urea groups is 1. The van der Waals surface area contributed by atoms with E-state index in [9.17, 15) is 9.59 Å². The minimum atomic E-state index is -1.27. The first-order chi connectivity index (χ1) is 8.44. The average molecular weight is 278 g/mol. The van der Waals surface area contributed by atoms with Gasteiger partial charge >= 0.3 is 12.0 Å². The molecule has 0 unspecified atom stereocenters. The molecule has 0 fully saturated rings. The Kier molecular flexibility index (Phi) is 7.77. The molecule has 0 aromatic carbocycles. The zero-order chi connectivity index (χ0) is 14.2. The van der Waals surface area contributed by atoms with Gasteiger partial charge in [0.15, 0.2) is 6.04 Å². The average Bonchev–Trinajstić information content (AvgIpc) is 2.38. The highest BCUT2D eigenvalue weighted by molar-refractivity contribution is 8.00. The van der Waals surface area contributed by atoms with E-state index in [0.717, 1.165) is 12.8 Å². The molecule has 106 valence electrons. The van der Waals surface area contributed by atoms with Crippen LogP contribution in [-0.2, 0) is 4.79 Å². The lowest BCUT2D eigenvalue weighted by Crippen LogP contribution is -2.50. The molecule has 0 heterocycles. The second kappa shape index (κ2) is 8.20. The highest BCUT2D eigenvalue weighted by atomic mass is 32.2. The van der Waals surface area contributed by atoms with Crippen LogP contribution < -0.4 is 10.6 Å². The molecule has 18 heavy (non-hydrogen) atoms. The predicted molar refractivity (Wildman–Crippen MR) is 71.9 cm³/mol. The Balaban J connectivity index is 4.28. The van der Waals surface area contributed by atoms with Crippen molar-refractivity contribution >= 4 is 23.8 Å². The first-order valence-electron chi connectivity index (χ1n) is 5.87. The van der Waals surface area contributed by atoms with Crippen molar-refractivity contribution in [2.45, 2.75) is 37.5 Å².